The highest BCUT2D eigenvalue weighted by Gasteiger charge is 2.31. The molecule has 1 N–H and O–H groups in total. The predicted molar refractivity (Wildman–Crippen MR) is 109 cm³/mol. The van der Waals surface area contributed by atoms with Crippen LogP contribution < -0.4 is 9.62 Å². The van der Waals surface area contributed by atoms with Gasteiger partial charge in [-0.3, -0.25) is 9.10 Å². The van der Waals surface area contributed by atoms with E-state index in [0.717, 1.165) is 41.2 Å². The van der Waals surface area contributed by atoms with Gasteiger partial charge in [0.05, 0.1) is 17.5 Å². The van der Waals surface area contributed by atoms with E-state index in [-0.39, 0.29) is 36.4 Å². The van der Waals surface area contributed by atoms with E-state index in [2.05, 4.69) is 26.1 Å². The quantitative estimate of drug-likeness (QED) is 0.649. The molecule has 0 aliphatic carbocycles. The monoisotopic (exact) mass is 436 g/mol. The Labute approximate surface area is 171 Å². The van der Waals surface area contributed by atoms with Crippen LogP contribution in [-0.2, 0) is 21.0 Å². The first kappa shape index (κ1) is 25.3. The third-order valence-corrected chi connectivity index (χ3v) is 5.29. The number of hydrogen-bond acceptors (Lipinski definition) is 3. The number of carbonyl (C=O) groups is 1. The molecule has 0 bridgehead atoms. The van der Waals surface area contributed by atoms with E-state index in [4.69, 9.17) is 0 Å². The molecule has 0 aliphatic rings. The third kappa shape index (κ3) is 9.06. The lowest BCUT2D eigenvalue weighted by Gasteiger charge is -2.33. The molecule has 9 heteroatoms. The first-order valence-electron chi connectivity index (χ1n) is 9.37. The van der Waals surface area contributed by atoms with Crippen molar-refractivity contribution < 1.29 is 26.4 Å². The van der Waals surface area contributed by atoms with Crippen LogP contribution in [0.25, 0.3) is 0 Å². The van der Waals surface area contributed by atoms with Gasteiger partial charge in [0.15, 0.2) is 0 Å². The number of anilines is 1. The van der Waals surface area contributed by atoms with Crippen molar-refractivity contribution >= 4 is 21.6 Å². The second kappa shape index (κ2) is 8.93. The molecule has 0 atom stereocenters. The topological polar surface area (TPSA) is 66.5 Å². The number of halogens is 3. The van der Waals surface area contributed by atoms with E-state index < -0.39 is 27.3 Å². The fraction of sp³-hybridized carbons (Fsp3) is 0.650. The van der Waals surface area contributed by atoms with Crippen LogP contribution in [0.3, 0.4) is 0 Å². The standard InChI is InChI=1S/C20H31F3N2O3S/c1-18(2,3)14-19(4,5)24-17(26)8-7-13-25(29(6,27)28)16-11-9-15(10-12-16)20(21,22)23/h9-12H,7-8,13-14H2,1-6H3,(H,24,26). The number of amides is 1. The van der Waals surface area contributed by atoms with Crippen molar-refractivity contribution in [2.24, 2.45) is 5.41 Å². The largest absolute Gasteiger partial charge is 0.416 e. The lowest BCUT2D eigenvalue weighted by atomic mass is 9.82. The zero-order valence-electron chi connectivity index (χ0n) is 17.9. The van der Waals surface area contributed by atoms with Crippen molar-refractivity contribution in [1.29, 1.82) is 0 Å². The molecular weight excluding hydrogens is 405 g/mol. The molecule has 0 saturated carbocycles. The number of sulfonamides is 1. The molecule has 0 radical (unpaired) electrons. The molecule has 0 aliphatic heterocycles. The SMILES string of the molecule is CC(C)(C)CC(C)(C)NC(=O)CCCN(c1ccc(C(F)(F)F)cc1)S(C)(=O)=O. The maximum Gasteiger partial charge on any atom is 0.416 e. The van der Waals surface area contributed by atoms with Gasteiger partial charge in [0.1, 0.15) is 0 Å². The highest BCUT2D eigenvalue weighted by Crippen LogP contribution is 2.31. The Morgan fingerprint density at radius 1 is 1.03 bits per heavy atom. The van der Waals surface area contributed by atoms with Crippen LogP contribution in [0.2, 0.25) is 0 Å². The van der Waals surface area contributed by atoms with Gasteiger partial charge in [-0.15, -0.1) is 0 Å². The van der Waals surface area contributed by atoms with E-state index in [1.165, 1.54) is 0 Å². The minimum Gasteiger partial charge on any atom is -0.351 e. The highest BCUT2D eigenvalue weighted by molar-refractivity contribution is 7.92. The molecule has 1 rings (SSSR count). The smallest absolute Gasteiger partial charge is 0.351 e. The summed E-state index contributed by atoms with van der Waals surface area (Å²) in [5.74, 6) is -0.194. The molecule has 166 valence electrons. The molecule has 29 heavy (non-hydrogen) atoms. The van der Waals surface area contributed by atoms with Crippen LogP contribution in [0.5, 0.6) is 0 Å². The molecule has 5 nitrogen and oxygen atoms in total. The number of rotatable bonds is 8. The van der Waals surface area contributed by atoms with Crippen molar-refractivity contribution in [3.8, 4) is 0 Å². The number of benzene rings is 1. The predicted octanol–water partition coefficient (Wildman–Crippen LogP) is 4.58. The summed E-state index contributed by atoms with van der Waals surface area (Å²) in [6.07, 6.45) is -2.39. The van der Waals surface area contributed by atoms with Gasteiger partial charge >= 0.3 is 6.18 Å². The average Bonchev–Trinajstić information content (AvgIpc) is 2.46. The Bertz CT molecular complexity index is 796. The van der Waals surface area contributed by atoms with E-state index >= 15 is 0 Å². The van der Waals surface area contributed by atoms with E-state index in [0.29, 0.717) is 0 Å². The van der Waals surface area contributed by atoms with Gasteiger partial charge in [-0.25, -0.2) is 8.42 Å². The second-order valence-electron chi connectivity index (χ2n) is 9.15. The molecule has 1 amide bonds. The zero-order valence-corrected chi connectivity index (χ0v) is 18.7. The summed E-state index contributed by atoms with van der Waals surface area (Å²) in [4.78, 5) is 12.3. The summed E-state index contributed by atoms with van der Waals surface area (Å²) in [6.45, 7) is 10.1. The van der Waals surface area contributed by atoms with Gasteiger partial charge in [0.2, 0.25) is 15.9 Å². The summed E-state index contributed by atoms with van der Waals surface area (Å²) in [7, 11) is -3.70. The van der Waals surface area contributed by atoms with Crippen LogP contribution in [0.1, 0.15) is 59.4 Å². The van der Waals surface area contributed by atoms with Crippen LogP contribution in [0, 0.1) is 5.41 Å². The van der Waals surface area contributed by atoms with Crippen molar-refractivity contribution in [1.82, 2.24) is 5.32 Å². The Hall–Kier alpha value is -1.77. The molecule has 0 fully saturated rings. The van der Waals surface area contributed by atoms with Crippen molar-refractivity contribution in [2.75, 3.05) is 17.1 Å². The highest BCUT2D eigenvalue weighted by atomic mass is 32.2. The lowest BCUT2D eigenvalue weighted by molar-refractivity contribution is -0.137. The normalized spacial score (nSPS) is 13.3. The molecule has 1 aromatic rings. The minimum absolute atomic E-state index is 0.00266. The van der Waals surface area contributed by atoms with Gasteiger partial charge in [0.25, 0.3) is 0 Å². The zero-order chi connectivity index (χ0) is 22.7. The van der Waals surface area contributed by atoms with Crippen molar-refractivity contribution in [3.63, 3.8) is 0 Å². The van der Waals surface area contributed by atoms with Gasteiger partial charge < -0.3 is 5.32 Å². The summed E-state index contributed by atoms with van der Waals surface area (Å²) < 4.78 is 63.3. The molecule has 0 saturated heterocycles. The Balaban J connectivity index is 2.76. The fourth-order valence-electron chi connectivity index (χ4n) is 3.50. The van der Waals surface area contributed by atoms with Crippen molar-refractivity contribution in [2.45, 2.75) is 65.6 Å². The second-order valence-corrected chi connectivity index (χ2v) is 11.1. The summed E-state index contributed by atoms with van der Waals surface area (Å²) >= 11 is 0. The van der Waals surface area contributed by atoms with E-state index in [1.54, 1.807) is 0 Å². The molecule has 1 aromatic carbocycles. The summed E-state index contributed by atoms with van der Waals surface area (Å²) in [5.41, 5.74) is -1.09. The molecule has 0 aromatic heterocycles. The Kier molecular flexibility index (Phi) is 7.78. The molecule has 0 heterocycles. The van der Waals surface area contributed by atoms with Crippen molar-refractivity contribution in [3.05, 3.63) is 29.8 Å². The van der Waals surface area contributed by atoms with Gasteiger partial charge in [-0.05, 0) is 56.4 Å². The first-order valence-corrected chi connectivity index (χ1v) is 11.2. The number of alkyl halides is 3. The Morgan fingerprint density at radius 3 is 1.97 bits per heavy atom. The first-order chi connectivity index (χ1) is 12.9. The Morgan fingerprint density at radius 2 is 1.55 bits per heavy atom. The van der Waals surface area contributed by atoms with E-state index in [1.807, 2.05) is 13.8 Å². The summed E-state index contributed by atoms with van der Waals surface area (Å²) in [5, 5.41) is 2.96. The summed E-state index contributed by atoms with van der Waals surface area (Å²) in [6, 6.07) is 3.93. The fourth-order valence-corrected chi connectivity index (χ4v) is 4.46. The third-order valence-electron chi connectivity index (χ3n) is 4.10. The van der Waals surface area contributed by atoms with Crippen LogP contribution in [0.4, 0.5) is 18.9 Å². The average molecular weight is 437 g/mol. The number of nitrogens with zero attached hydrogens (tertiary/aromatic N) is 1. The maximum absolute atomic E-state index is 12.7. The number of carbonyl (C=O) groups excluding carboxylic acids is 1. The van der Waals surface area contributed by atoms with Crippen LogP contribution >= 0.6 is 0 Å². The minimum atomic E-state index is -4.49. The van der Waals surface area contributed by atoms with Crippen LogP contribution in [0.15, 0.2) is 24.3 Å². The molecule has 0 unspecified atom stereocenters. The van der Waals surface area contributed by atoms with E-state index in [9.17, 15) is 26.4 Å². The number of nitrogens with one attached hydrogen (secondary N) is 1. The van der Waals surface area contributed by atoms with Gasteiger partial charge in [-0.1, -0.05) is 20.8 Å². The molecule has 0 spiro atoms. The maximum atomic E-state index is 12.7. The van der Waals surface area contributed by atoms with Crippen LogP contribution in [-0.4, -0.2) is 32.7 Å². The van der Waals surface area contributed by atoms with Gasteiger partial charge in [-0.2, -0.15) is 13.2 Å². The van der Waals surface area contributed by atoms with Gasteiger partial charge in [0, 0.05) is 18.5 Å². The number of hydrogen-bond donors (Lipinski definition) is 1. The lowest BCUT2D eigenvalue weighted by Crippen LogP contribution is -2.46. The molecular formula is C20H31F3N2O3S.